The zero-order valence-electron chi connectivity index (χ0n) is 17.8. The van der Waals surface area contributed by atoms with E-state index in [1.165, 1.54) is 29.2 Å². The van der Waals surface area contributed by atoms with Crippen molar-refractivity contribution >= 4 is 30.3 Å². The molecule has 1 aliphatic rings. The summed E-state index contributed by atoms with van der Waals surface area (Å²) in [5, 5.41) is 13.3. The molecule has 1 fully saturated rings. The fourth-order valence-corrected chi connectivity index (χ4v) is 4.53. The van der Waals surface area contributed by atoms with Gasteiger partial charge in [0, 0.05) is 43.4 Å². The van der Waals surface area contributed by atoms with E-state index < -0.39 is 16.6 Å². The molecule has 0 bridgehead atoms. The smallest absolute Gasteiger partial charge is 0.411 e. The molecule has 2 aromatic rings. The predicted molar refractivity (Wildman–Crippen MR) is 121 cm³/mol. The summed E-state index contributed by atoms with van der Waals surface area (Å²) in [5.41, 5.74) is 0.653. The fraction of sp³-hybridized carbons (Fsp3) is 0.409. The molecule has 32 heavy (non-hydrogen) atoms. The molecule has 0 unspecified atom stereocenters. The van der Waals surface area contributed by atoms with Gasteiger partial charge in [-0.05, 0) is 61.1 Å². The fourth-order valence-electron chi connectivity index (χ4n) is 4.07. The van der Waals surface area contributed by atoms with E-state index in [9.17, 15) is 19.7 Å². The van der Waals surface area contributed by atoms with Crippen LogP contribution in [0.3, 0.4) is 0 Å². The van der Waals surface area contributed by atoms with E-state index in [4.69, 9.17) is 4.74 Å². The highest BCUT2D eigenvalue weighted by atomic mass is 32.1. The van der Waals surface area contributed by atoms with Crippen molar-refractivity contribution in [1.29, 1.82) is 0 Å². The van der Waals surface area contributed by atoms with Crippen LogP contribution < -0.4 is 5.32 Å². The SMILES string of the molecule is CNC(=O)[C@]1(CCCc2ccncc2)C[C@H](S)CN1C(=O)OCc1ccc([N+](=O)[O-])cc1. The number of thiol groups is 1. The van der Waals surface area contributed by atoms with Crippen molar-refractivity contribution in [3.8, 4) is 0 Å². The molecule has 170 valence electrons. The molecule has 1 N–H and O–H groups in total. The zero-order chi connectivity index (χ0) is 23.1. The lowest BCUT2D eigenvalue weighted by Gasteiger charge is -2.36. The number of benzene rings is 1. The number of carbonyl (C=O) groups excluding carboxylic acids is 2. The van der Waals surface area contributed by atoms with Gasteiger partial charge in [-0.25, -0.2) is 4.79 Å². The lowest BCUT2D eigenvalue weighted by atomic mass is 9.88. The maximum atomic E-state index is 13.0. The summed E-state index contributed by atoms with van der Waals surface area (Å²) >= 11 is 4.55. The van der Waals surface area contributed by atoms with Crippen LogP contribution >= 0.6 is 12.6 Å². The summed E-state index contributed by atoms with van der Waals surface area (Å²) in [6, 6.07) is 9.65. The Morgan fingerprint density at radius 1 is 1.25 bits per heavy atom. The number of amides is 2. The van der Waals surface area contributed by atoms with Gasteiger partial charge in [0.1, 0.15) is 12.1 Å². The first-order valence-corrected chi connectivity index (χ1v) is 10.8. The Balaban J connectivity index is 1.70. The van der Waals surface area contributed by atoms with Crippen LogP contribution in [0.5, 0.6) is 0 Å². The Labute approximate surface area is 191 Å². The molecule has 0 radical (unpaired) electrons. The molecular weight excluding hydrogens is 432 g/mol. The minimum Gasteiger partial charge on any atom is -0.445 e. The lowest BCUT2D eigenvalue weighted by molar-refractivity contribution is -0.384. The highest BCUT2D eigenvalue weighted by Gasteiger charge is 2.52. The number of non-ortho nitro benzene ring substituents is 1. The third-order valence-electron chi connectivity index (χ3n) is 5.67. The zero-order valence-corrected chi connectivity index (χ0v) is 18.7. The Kier molecular flexibility index (Phi) is 7.68. The van der Waals surface area contributed by atoms with Crippen LogP contribution in [0.25, 0.3) is 0 Å². The molecule has 1 aromatic heterocycles. The molecule has 1 saturated heterocycles. The molecule has 0 saturated carbocycles. The van der Waals surface area contributed by atoms with E-state index in [0.717, 1.165) is 12.0 Å². The second-order valence-corrected chi connectivity index (χ2v) is 8.50. The second-order valence-electron chi connectivity index (χ2n) is 7.77. The van der Waals surface area contributed by atoms with Gasteiger partial charge in [0.25, 0.3) is 5.69 Å². The number of aryl methyl sites for hydroxylation is 1. The molecule has 2 heterocycles. The lowest BCUT2D eigenvalue weighted by Crippen LogP contribution is -2.56. The quantitative estimate of drug-likeness (QED) is 0.357. The van der Waals surface area contributed by atoms with E-state index in [-0.39, 0.29) is 23.5 Å². The first-order valence-electron chi connectivity index (χ1n) is 10.3. The number of ether oxygens (including phenoxy) is 1. The molecule has 1 aromatic carbocycles. The van der Waals surface area contributed by atoms with Crippen LogP contribution in [0.1, 0.15) is 30.4 Å². The molecule has 0 spiro atoms. The normalized spacial score (nSPS) is 20.1. The summed E-state index contributed by atoms with van der Waals surface area (Å²) < 4.78 is 5.47. The number of carbonyl (C=O) groups is 2. The summed E-state index contributed by atoms with van der Waals surface area (Å²) in [4.78, 5) is 41.7. The van der Waals surface area contributed by atoms with Gasteiger partial charge >= 0.3 is 6.09 Å². The monoisotopic (exact) mass is 458 g/mol. The second kappa shape index (κ2) is 10.4. The number of aromatic nitrogens is 1. The van der Waals surface area contributed by atoms with Crippen molar-refractivity contribution in [2.24, 2.45) is 0 Å². The molecule has 9 nitrogen and oxygen atoms in total. The number of nitrogens with one attached hydrogen (secondary N) is 1. The Hall–Kier alpha value is -3.14. The minimum atomic E-state index is -1.04. The average Bonchev–Trinajstić information content (AvgIpc) is 3.15. The number of likely N-dealkylation sites (tertiary alicyclic amines) is 1. The standard InChI is InChI=1S/C22H26N4O5S/c1-23-20(27)22(10-2-3-16-8-11-24-12-9-16)13-19(32)14-25(22)21(28)31-15-17-4-6-18(7-5-17)26(29)30/h4-9,11-12,19,32H,2-3,10,13-15H2,1H3,(H,23,27)/t19-,22-/m0/s1. The highest BCUT2D eigenvalue weighted by Crippen LogP contribution is 2.37. The number of hydrogen-bond acceptors (Lipinski definition) is 7. The molecule has 3 rings (SSSR count). The maximum absolute atomic E-state index is 13.0. The first kappa shape index (κ1) is 23.5. The van der Waals surface area contributed by atoms with Gasteiger partial charge in [-0.1, -0.05) is 0 Å². The van der Waals surface area contributed by atoms with Crippen molar-refractivity contribution in [1.82, 2.24) is 15.2 Å². The molecular formula is C22H26N4O5S. The number of likely N-dealkylation sites (N-methyl/N-ethyl adjacent to an activating group) is 1. The average molecular weight is 459 g/mol. The van der Waals surface area contributed by atoms with Gasteiger partial charge in [0.05, 0.1) is 4.92 Å². The predicted octanol–water partition coefficient (Wildman–Crippen LogP) is 3.14. The van der Waals surface area contributed by atoms with Crippen molar-refractivity contribution in [2.45, 2.75) is 43.1 Å². The van der Waals surface area contributed by atoms with E-state index >= 15 is 0 Å². The summed E-state index contributed by atoms with van der Waals surface area (Å²) in [6.45, 7) is 0.246. The molecule has 1 aliphatic heterocycles. The molecule has 2 atom stereocenters. The minimum absolute atomic E-state index is 0.0367. The molecule has 10 heteroatoms. The topological polar surface area (TPSA) is 115 Å². The van der Waals surface area contributed by atoms with Crippen molar-refractivity contribution < 1.29 is 19.2 Å². The summed E-state index contributed by atoms with van der Waals surface area (Å²) in [7, 11) is 1.55. The largest absolute Gasteiger partial charge is 0.445 e. The number of nitrogens with zero attached hydrogens (tertiary/aromatic N) is 3. The van der Waals surface area contributed by atoms with Crippen LogP contribution in [-0.4, -0.2) is 51.2 Å². The van der Waals surface area contributed by atoms with Crippen LogP contribution in [0.15, 0.2) is 48.8 Å². The third-order valence-corrected chi connectivity index (χ3v) is 6.01. The maximum Gasteiger partial charge on any atom is 0.411 e. The number of nitro groups is 1. The Bertz CT molecular complexity index is 957. The van der Waals surface area contributed by atoms with Gasteiger partial charge < -0.3 is 10.1 Å². The van der Waals surface area contributed by atoms with Crippen molar-refractivity contribution in [3.05, 3.63) is 70.0 Å². The molecule has 2 amide bonds. The van der Waals surface area contributed by atoms with Crippen LogP contribution in [0.4, 0.5) is 10.5 Å². The Morgan fingerprint density at radius 2 is 1.94 bits per heavy atom. The van der Waals surface area contributed by atoms with E-state index in [1.807, 2.05) is 12.1 Å². The van der Waals surface area contributed by atoms with E-state index in [2.05, 4.69) is 22.9 Å². The number of nitro benzene ring substituents is 1. The van der Waals surface area contributed by atoms with Gasteiger partial charge in [-0.3, -0.25) is 24.8 Å². The number of rotatable bonds is 8. The van der Waals surface area contributed by atoms with Crippen molar-refractivity contribution in [2.75, 3.05) is 13.6 Å². The van der Waals surface area contributed by atoms with Crippen LogP contribution in [0, 0.1) is 10.1 Å². The molecule has 0 aliphatic carbocycles. The summed E-state index contributed by atoms with van der Waals surface area (Å²) in [5.74, 6) is -0.240. The van der Waals surface area contributed by atoms with E-state index in [0.29, 0.717) is 31.4 Å². The van der Waals surface area contributed by atoms with Crippen LogP contribution in [-0.2, 0) is 22.6 Å². The van der Waals surface area contributed by atoms with Gasteiger partial charge in [0.15, 0.2) is 0 Å². The Morgan fingerprint density at radius 3 is 2.56 bits per heavy atom. The van der Waals surface area contributed by atoms with Gasteiger partial charge in [0.2, 0.25) is 5.91 Å². The van der Waals surface area contributed by atoms with Gasteiger partial charge in [-0.15, -0.1) is 0 Å². The highest BCUT2D eigenvalue weighted by molar-refractivity contribution is 7.81. The van der Waals surface area contributed by atoms with Gasteiger partial charge in [-0.2, -0.15) is 12.6 Å². The third kappa shape index (κ3) is 5.37. The summed E-state index contributed by atoms with van der Waals surface area (Å²) in [6.07, 6.45) is 5.20. The first-order chi connectivity index (χ1) is 15.4. The number of pyridine rings is 1. The van der Waals surface area contributed by atoms with Crippen molar-refractivity contribution in [3.63, 3.8) is 0 Å². The number of hydrogen-bond donors (Lipinski definition) is 2. The van der Waals surface area contributed by atoms with Crippen LogP contribution in [0.2, 0.25) is 0 Å². The van der Waals surface area contributed by atoms with E-state index in [1.54, 1.807) is 19.4 Å².